The first-order valence-corrected chi connectivity index (χ1v) is 7.20. The third-order valence-electron chi connectivity index (χ3n) is 5.51. The van der Waals surface area contributed by atoms with Crippen LogP contribution in [0.2, 0.25) is 0 Å². The first-order valence-electron chi connectivity index (χ1n) is 7.20. The molecule has 3 unspecified atom stereocenters. The van der Waals surface area contributed by atoms with E-state index in [-0.39, 0.29) is 0 Å². The van der Waals surface area contributed by atoms with Gasteiger partial charge in [0.15, 0.2) is 0 Å². The van der Waals surface area contributed by atoms with Gasteiger partial charge in [-0.05, 0) is 42.4 Å². The van der Waals surface area contributed by atoms with Crippen molar-refractivity contribution in [2.75, 3.05) is 0 Å². The van der Waals surface area contributed by atoms with Crippen LogP contribution in [0.25, 0.3) is 0 Å². The molecule has 0 bridgehead atoms. The highest BCUT2D eigenvalue weighted by Gasteiger charge is 2.40. The van der Waals surface area contributed by atoms with Crippen LogP contribution in [0, 0.1) is 23.2 Å². The van der Waals surface area contributed by atoms with E-state index in [1.54, 1.807) is 5.57 Å². The molecule has 0 radical (unpaired) electrons. The minimum absolute atomic E-state index is 0.459. The highest BCUT2D eigenvalue weighted by molar-refractivity contribution is 5.19. The molecule has 1 aliphatic rings. The Bertz CT molecular complexity index is 251. The lowest BCUT2D eigenvalue weighted by atomic mass is 9.58. The van der Waals surface area contributed by atoms with Gasteiger partial charge in [0.1, 0.15) is 0 Å². The van der Waals surface area contributed by atoms with Gasteiger partial charge in [0.2, 0.25) is 0 Å². The van der Waals surface area contributed by atoms with Crippen LogP contribution in [0.3, 0.4) is 0 Å². The van der Waals surface area contributed by atoms with Crippen molar-refractivity contribution in [1.29, 1.82) is 0 Å². The standard InChI is InChI=1S/C16H30/c1-7-12(4)15-11-10-14(8-2)16(6,9-3)13(15)5/h10,12-13,15H,7-9,11H2,1-6H3/t12?,13?,15?,16-/m1/s1. The van der Waals surface area contributed by atoms with Gasteiger partial charge in [-0.15, -0.1) is 0 Å². The molecule has 0 aliphatic heterocycles. The van der Waals surface area contributed by atoms with Crippen molar-refractivity contribution in [1.82, 2.24) is 0 Å². The summed E-state index contributed by atoms with van der Waals surface area (Å²) in [5.74, 6) is 2.60. The Hall–Kier alpha value is -0.260. The van der Waals surface area contributed by atoms with Crippen LogP contribution in [0.1, 0.15) is 67.2 Å². The number of rotatable bonds is 4. The van der Waals surface area contributed by atoms with E-state index in [2.05, 4.69) is 47.6 Å². The molecule has 0 saturated heterocycles. The average Bonchev–Trinajstić information content (AvgIpc) is 2.31. The van der Waals surface area contributed by atoms with Gasteiger partial charge < -0.3 is 0 Å². The number of hydrogen-bond donors (Lipinski definition) is 0. The summed E-state index contributed by atoms with van der Waals surface area (Å²) in [6.45, 7) is 14.4. The van der Waals surface area contributed by atoms with Gasteiger partial charge in [-0.3, -0.25) is 0 Å². The number of hydrogen-bond acceptors (Lipinski definition) is 0. The van der Waals surface area contributed by atoms with Crippen molar-refractivity contribution in [3.8, 4) is 0 Å². The Labute approximate surface area is 103 Å². The molecular weight excluding hydrogens is 192 g/mol. The molecule has 16 heavy (non-hydrogen) atoms. The summed E-state index contributed by atoms with van der Waals surface area (Å²) in [7, 11) is 0. The van der Waals surface area contributed by atoms with E-state index in [9.17, 15) is 0 Å². The van der Waals surface area contributed by atoms with E-state index in [4.69, 9.17) is 0 Å². The van der Waals surface area contributed by atoms with Gasteiger partial charge in [0, 0.05) is 0 Å². The van der Waals surface area contributed by atoms with E-state index >= 15 is 0 Å². The highest BCUT2D eigenvalue weighted by Crippen LogP contribution is 2.50. The lowest BCUT2D eigenvalue weighted by Crippen LogP contribution is -2.38. The largest absolute Gasteiger partial charge is 0.0845 e. The molecule has 0 spiro atoms. The first-order chi connectivity index (χ1) is 7.51. The van der Waals surface area contributed by atoms with Crippen molar-refractivity contribution < 1.29 is 0 Å². The Kier molecular flexibility index (Phi) is 4.64. The molecule has 0 aromatic rings. The van der Waals surface area contributed by atoms with Crippen molar-refractivity contribution >= 4 is 0 Å². The van der Waals surface area contributed by atoms with Crippen molar-refractivity contribution in [2.45, 2.75) is 67.2 Å². The highest BCUT2D eigenvalue weighted by atomic mass is 14.5. The zero-order valence-corrected chi connectivity index (χ0v) is 12.1. The van der Waals surface area contributed by atoms with Crippen LogP contribution in [0.5, 0.6) is 0 Å². The zero-order chi connectivity index (χ0) is 12.3. The van der Waals surface area contributed by atoms with Gasteiger partial charge in [0.05, 0.1) is 0 Å². The maximum Gasteiger partial charge on any atom is -0.00907 e. The molecule has 1 rings (SSSR count). The smallest absolute Gasteiger partial charge is 0.00907 e. The van der Waals surface area contributed by atoms with Crippen molar-refractivity contribution in [2.24, 2.45) is 23.2 Å². The summed E-state index contributed by atoms with van der Waals surface area (Å²) in [6, 6.07) is 0. The molecule has 0 amide bonds. The molecule has 1 aliphatic carbocycles. The van der Waals surface area contributed by atoms with Crippen LogP contribution in [-0.2, 0) is 0 Å². The molecule has 0 aromatic heterocycles. The maximum absolute atomic E-state index is 2.56. The third-order valence-corrected chi connectivity index (χ3v) is 5.51. The Morgan fingerprint density at radius 1 is 1.38 bits per heavy atom. The molecular formula is C16H30. The summed E-state index contributed by atoms with van der Waals surface area (Å²) in [4.78, 5) is 0. The van der Waals surface area contributed by atoms with Crippen LogP contribution >= 0.6 is 0 Å². The second-order valence-electron chi connectivity index (χ2n) is 5.93. The van der Waals surface area contributed by atoms with Gasteiger partial charge >= 0.3 is 0 Å². The average molecular weight is 222 g/mol. The fraction of sp³-hybridized carbons (Fsp3) is 0.875. The Morgan fingerprint density at radius 3 is 2.44 bits per heavy atom. The lowest BCUT2D eigenvalue weighted by Gasteiger charge is -2.47. The van der Waals surface area contributed by atoms with Crippen LogP contribution in [0.4, 0.5) is 0 Å². The van der Waals surface area contributed by atoms with E-state index in [1.807, 2.05) is 0 Å². The molecule has 0 heteroatoms. The van der Waals surface area contributed by atoms with Gasteiger partial charge in [0.25, 0.3) is 0 Å². The quantitative estimate of drug-likeness (QED) is 0.555. The summed E-state index contributed by atoms with van der Waals surface area (Å²) in [5, 5.41) is 0. The lowest BCUT2D eigenvalue weighted by molar-refractivity contribution is 0.108. The molecule has 4 atom stereocenters. The van der Waals surface area contributed by atoms with Crippen LogP contribution in [0.15, 0.2) is 11.6 Å². The topological polar surface area (TPSA) is 0 Å². The minimum atomic E-state index is 0.459. The molecule has 0 fully saturated rings. The van der Waals surface area contributed by atoms with E-state index < -0.39 is 0 Å². The van der Waals surface area contributed by atoms with E-state index in [0.29, 0.717) is 5.41 Å². The molecule has 0 heterocycles. The molecule has 94 valence electrons. The summed E-state index contributed by atoms with van der Waals surface area (Å²) >= 11 is 0. The van der Waals surface area contributed by atoms with E-state index in [1.165, 1.54) is 25.7 Å². The fourth-order valence-electron chi connectivity index (χ4n) is 3.61. The first kappa shape index (κ1) is 13.8. The van der Waals surface area contributed by atoms with Crippen LogP contribution in [-0.4, -0.2) is 0 Å². The monoisotopic (exact) mass is 222 g/mol. The summed E-state index contributed by atoms with van der Waals surface area (Å²) in [6.07, 6.45) is 7.72. The maximum atomic E-state index is 2.56. The Morgan fingerprint density at radius 2 is 2.00 bits per heavy atom. The normalized spacial score (nSPS) is 37.0. The molecule has 0 saturated carbocycles. The van der Waals surface area contributed by atoms with Gasteiger partial charge in [-0.1, -0.05) is 59.6 Å². The van der Waals surface area contributed by atoms with Crippen LogP contribution < -0.4 is 0 Å². The summed E-state index contributed by atoms with van der Waals surface area (Å²) < 4.78 is 0. The van der Waals surface area contributed by atoms with Crippen molar-refractivity contribution in [3.63, 3.8) is 0 Å². The summed E-state index contributed by atoms with van der Waals surface area (Å²) in [5.41, 5.74) is 2.17. The van der Waals surface area contributed by atoms with E-state index in [0.717, 1.165) is 17.8 Å². The molecule has 0 N–H and O–H groups in total. The Balaban J connectivity index is 2.97. The number of allylic oxidation sites excluding steroid dienone is 2. The predicted octanol–water partition coefficient (Wildman–Crippen LogP) is 5.44. The third kappa shape index (κ3) is 2.21. The molecule has 0 aromatic carbocycles. The van der Waals surface area contributed by atoms with Gasteiger partial charge in [-0.2, -0.15) is 0 Å². The molecule has 0 nitrogen and oxygen atoms in total. The zero-order valence-electron chi connectivity index (χ0n) is 12.1. The predicted molar refractivity (Wildman–Crippen MR) is 73.5 cm³/mol. The second kappa shape index (κ2) is 5.38. The second-order valence-corrected chi connectivity index (χ2v) is 5.93. The fourth-order valence-corrected chi connectivity index (χ4v) is 3.61. The van der Waals surface area contributed by atoms with Crippen molar-refractivity contribution in [3.05, 3.63) is 11.6 Å². The minimum Gasteiger partial charge on any atom is -0.0845 e. The SMILES string of the molecule is CCC1=CCC(C(C)CC)C(C)[C@@]1(C)CC. The van der Waals surface area contributed by atoms with Gasteiger partial charge in [-0.25, -0.2) is 0 Å².